The van der Waals surface area contributed by atoms with Gasteiger partial charge in [-0.25, -0.2) is 0 Å². The first-order valence-electron chi connectivity index (χ1n) is 8.56. The van der Waals surface area contributed by atoms with Crippen molar-refractivity contribution in [2.45, 2.75) is 17.7 Å². The van der Waals surface area contributed by atoms with Crippen molar-refractivity contribution < 1.29 is 9.59 Å². The second-order valence-electron chi connectivity index (χ2n) is 6.30. The van der Waals surface area contributed by atoms with Gasteiger partial charge in [-0.1, -0.05) is 23.7 Å². The molecule has 1 heterocycles. The van der Waals surface area contributed by atoms with Gasteiger partial charge in [0.2, 0.25) is 5.91 Å². The zero-order chi connectivity index (χ0) is 18.5. The number of nitrogens with one attached hydrogen (secondary N) is 1. The number of halogens is 1. The number of hydrogen-bond acceptors (Lipinski definition) is 3. The molecule has 136 valence electrons. The predicted octanol–water partition coefficient (Wildman–Crippen LogP) is 4.55. The summed E-state index contributed by atoms with van der Waals surface area (Å²) in [6.45, 7) is 1.16. The summed E-state index contributed by atoms with van der Waals surface area (Å²) in [6.07, 6.45) is 3.34. The molecule has 1 aliphatic rings. The van der Waals surface area contributed by atoms with Gasteiger partial charge in [-0.3, -0.25) is 9.59 Å². The Bertz CT molecular complexity index is 804. The molecule has 0 aromatic heterocycles. The largest absolute Gasteiger partial charge is 0.339 e. The van der Waals surface area contributed by atoms with Crippen LogP contribution in [-0.4, -0.2) is 36.1 Å². The van der Waals surface area contributed by atoms with Crippen LogP contribution in [0, 0.1) is 5.92 Å². The minimum Gasteiger partial charge on any atom is -0.339 e. The maximum absolute atomic E-state index is 12.6. The van der Waals surface area contributed by atoms with Gasteiger partial charge in [0.25, 0.3) is 5.91 Å². The summed E-state index contributed by atoms with van der Waals surface area (Å²) >= 11 is 7.61. The second kappa shape index (κ2) is 8.60. The minimum atomic E-state index is -0.0728. The van der Waals surface area contributed by atoms with E-state index in [1.54, 1.807) is 40.9 Å². The highest BCUT2D eigenvalue weighted by atomic mass is 35.5. The van der Waals surface area contributed by atoms with E-state index in [-0.39, 0.29) is 17.7 Å². The Labute approximate surface area is 162 Å². The Morgan fingerprint density at radius 2 is 1.85 bits per heavy atom. The van der Waals surface area contributed by atoms with Crippen molar-refractivity contribution in [1.29, 1.82) is 0 Å². The minimum absolute atomic E-state index is 0.0260. The molecular formula is C20H21ClN2O2S. The van der Waals surface area contributed by atoms with Crippen LogP contribution < -0.4 is 5.32 Å². The summed E-state index contributed by atoms with van der Waals surface area (Å²) in [5.41, 5.74) is 1.41. The molecule has 2 aromatic carbocycles. The third kappa shape index (κ3) is 4.59. The van der Waals surface area contributed by atoms with Crippen LogP contribution in [0.15, 0.2) is 53.4 Å². The van der Waals surface area contributed by atoms with Crippen molar-refractivity contribution in [2.75, 3.05) is 24.7 Å². The molecular weight excluding hydrogens is 368 g/mol. The van der Waals surface area contributed by atoms with E-state index in [2.05, 4.69) is 5.32 Å². The van der Waals surface area contributed by atoms with Crippen molar-refractivity contribution in [2.24, 2.45) is 5.92 Å². The van der Waals surface area contributed by atoms with E-state index in [9.17, 15) is 9.59 Å². The molecule has 1 aliphatic heterocycles. The zero-order valence-corrected chi connectivity index (χ0v) is 16.1. The summed E-state index contributed by atoms with van der Waals surface area (Å²) in [6, 6.07) is 14.8. The standard InChI is InChI=1S/C20H21ClN2O2S/c1-26-18-7-3-6-17(13-18)22-19(24)14-8-10-23(11-9-14)20(25)15-4-2-5-16(21)12-15/h2-7,12-14H,8-11H2,1H3,(H,22,24). The number of nitrogens with zero attached hydrogens (tertiary/aromatic N) is 1. The van der Waals surface area contributed by atoms with Gasteiger partial charge in [0.1, 0.15) is 0 Å². The molecule has 2 aromatic rings. The van der Waals surface area contributed by atoms with Gasteiger partial charge in [0, 0.05) is 40.2 Å². The lowest BCUT2D eigenvalue weighted by Crippen LogP contribution is -2.41. The number of rotatable bonds is 4. The van der Waals surface area contributed by atoms with Gasteiger partial charge in [0.05, 0.1) is 0 Å². The molecule has 0 saturated carbocycles. The molecule has 0 atom stereocenters. The molecule has 1 N–H and O–H groups in total. The Kier molecular flexibility index (Phi) is 6.22. The number of carbonyl (C=O) groups excluding carboxylic acids is 2. The van der Waals surface area contributed by atoms with Crippen LogP contribution in [0.25, 0.3) is 0 Å². The molecule has 4 nitrogen and oxygen atoms in total. The van der Waals surface area contributed by atoms with Crippen molar-refractivity contribution >= 4 is 40.9 Å². The van der Waals surface area contributed by atoms with Crippen molar-refractivity contribution in [3.8, 4) is 0 Å². The highest BCUT2D eigenvalue weighted by molar-refractivity contribution is 7.98. The summed E-state index contributed by atoms with van der Waals surface area (Å²) < 4.78 is 0. The fourth-order valence-electron chi connectivity index (χ4n) is 3.09. The molecule has 1 fully saturated rings. The molecule has 0 spiro atoms. The van der Waals surface area contributed by atoms with E-state index < -0.39 is 0 Å². The number of likely N-dealkylation sites (tertiary alicyclic amines) is 1. The van der Waals surface area contributed by atoms with E-state index in [0.29, 0.717) is 36.5 Å². The molecule has 0 bridgehead atoms. The average molecular weight is 389 g/mol. The first-order chi connectivity index (χ1) is 12.6. The summed E-state index contributed by atoms with van der Waals surface area (Å²) in [7, 11) is 0. The van der Waals surface area contributed by atoms with Gasteiger partial charge >= 0.3 is 0 Å². The van der Waals surface area contributed by atoms with Gasteiger partial charge in [-0.05, 0) is 55.5 Å². The van der Waals surface area contributed by atoms with Crippen LogP contribution in [0.5, 0.6) is 0 Å². The van der Waals surface area contributed by atoms with Crippen LogP contribution in [0.3, 0.4) is 0 Å². The van der Waals surface area contributed by atoms with E-state index in [1.165, 1.54) is 0 Å². The zero-order valence-electron chi connectivity index (χ0n) is 14.6. The Balaban J connectivity index is 1.56. The lowest BCUT2D eigenvalue weighted by Gasteiger charge is -2.31. The molecule has 6 heteroatoms. The van der Waals surface area contributed by atoms with E-state index in [0.717, 1.165) is 10.6 Å². The van der Waals surface area contributed by atoms with Crippen LogP contribution >= 0.6 is 23.4 Å². The summed E-state index contributed by atoms with van der Waals surface area (Å²) in [5.74, 6) is -0.0755. The molecule has 26 heavy (non-hydrogen) atoms. The van der Waals surface area contributed by atoms with Crippen molar-refractivity contribution in [1.82, 2.24) is 4.90 Å². The molecule has 0 radical (unpaired) electrons. The number of carbonyl (C=O) groups is 2. The number of amides is 2. The third-order valence-electron chi connectivity index (χ3n) is 4.56. The number of piperidine rings is 1. The maximum atomic E-state index is 12.6. The third-order valence-corrected chi connectivity index (χ3v) is 5.52. The van der Waals surface area contributed by atoms with Crippen molar-refractivity contribution in [3.63, 3.8) is 0 Å². The second-order valence-corrected chi connectivity index (χ2v) is 7.61. The van der Waals surface area contributed by atoms with E-state index in [4.69, 9.17) is 11.6 Å². The Morgan fingerprint density at radius 3 is 2.54 bits per heavy atom. The topological polar surface area (TPSA) is 49.4 Å². The normalized spacial score (nSPS) is 14.9. The lowest BCUT2D eigenvalue weighted by atomic mass is 9.95. The molecule has 1 saturated heterocycles. The smallest absolute Gasteiger partial charge is 0.253 e. The Hall–Kier alpha value is -1.98. The van der Waals surface area contributed by atoms with Crippen LogP contribution in [-0.2, 0) is 4.79 Å². The predicted molar refractivity (Wildman–Crippen MR) is 107 cm³/mol. The fourth-order valence-corrected chi connectivity index (χ4v) is 3.74. The monoisotopic (exact) mass is 388 g/mol. The SMILES string of the molecule is CSc1cccc(NC(=O)C2CCN(C(=O)c3cccc(Cl)c3)CC2)c1. The molecule has 0 aliphatic carbocycles. The number of hydrogen-bond donors (Lipinski definition) is 1. The first kappa shape index (κ1) is 18.8. The molecule has 2 amide bonds. The lowest BCUT2D eigenvalue weighted by molar-refractivity contribution is -0.121. The van der Waals surface area contributed by atoms with Crippen LogP contribution in [0.2, 0.25) is 5.02 Å². The highest BCUT2D eigenvalue weighted by Gasteiger charge is 2.28. The van der Waals surface area contributed by atoms with Gasteiger partial charge in [0.15, 0.2) is 0 Å². The number of benzene rings is 2. The molecule has 3 rings (SSSR count). The maximum Gasteiger partial charge on any atom is 0.253 e. The highest BCUT2D eigenvalue weighted by Crippen LogP contribution is 2.23. The Morgan fingerprint density at radius 1 is 1.12 bits per heavy atom. The number of anilines is 1. The van der Waals surface area contributed by atoms with Crippen molar-refractivity contribution in [3.05, 3.63) is 59.1 Å². The van der Waals surface area contributed by atoms with E-state index >= 15 is 0 Å². The number of thioether (sulfide) groups is 1. The van der Waals surface area contributed by atoms with E-state index in [1.807, 2.05) is 30.5 Å². The summed E-state index contributed by atoms with van der Waals surface area (Å²) in [5, 5.41) is 3.55. The summed E-state index contributed by atoms with van der Waals surface area (Å²) in [4.78, 5) is 28.0. The quantitative estimate of drug-likeness (QED) is 0.781. The molecule has 0 unspecified atom stereocenters. The average Bonchev–Trinajstić information content (AvgIpc) is 2.67. The first-order valence-corrected chi connectivity index (χ1v) is 10.2. The van der Waals surface area contributed by atoms with Crippen LogP contribution in [0.1, 0.15) is 23.2 Å². The van der Waals surface area contributed by atoms with Gasteiger partial charge in [-0.15, -0.1) is 11.8 Å². The van der Waals surface area contributed by atoms with Crippen LogP contribution in [0.4, 0.5) is 5.69 Å². The fraction of sp³-hybridized carbons (Fsp3) is 0.300. The van der Waals surface area contributed by atoms with Gasteiger partial charge in [-0.2, -0.15) is 0 Å². The van der Waals surface area contributed by atoms with Gasteiger partial charge < -0.3 is 10.2 Å².